The molecule has 0 radical (unpaired) electrons. The van der Waals surface area contributed by atoms with Gasteiger partial charge in [0.05, 0.1) is 17.2 Å². The minimum Gasteiger partial charge on any atom is -0.361 e. The van der Waals surface area contributed by atoms with E-state index in [0.717, 1.165) is 47.3 Å². The maximum Gasteiger partial charge on any atom is 0.223 e. The molecule has 0 bridgehead atoms. The van der Waals surface area contributed by atoms with Crippen LogP contribution in [0.5, 0.6) is 0 Å². The summed E-state index contributed by atoms with van der Waals surface area (Å²) in [6.45, 7) is 8.91. The van der Waals surface area contributed by atoms with Gasteiger partial charge in [-0.05, 0) is 53.7 Å². The average Bonchev–Trinajstić information content (AvgIpc) is 3.62. The summed E-state index contributed by atoms with van der Waals surface area (Å²) in [6, 6.07) is 5.44. The van der Waals surface area contributed by atoms with Gasteiger partial charge in [0.15, 0.2) is 0 Å². The van der Waals surface area contributed by atoms with Crippen molar-refractivity contribution in [1.82, 2.24) is 19.5 Å². The lowest BCUT2D eigenvalue weighted by molar-refractivity contribution is 0.0861. The molecule has 2 saturated carbocycles. The van der Waals surface area contributed by atoms with Crippen LogP contribution in [0.3, 0.4) is 0 Å². The van der Waals surface area contributed by atoms with Gasteiger partial charge in [-0.15, -0.1) is 0 Å². The summed E-state index contributed by atoms with van der Waals surface area (Å²) < 4.78 is 9.03. The van der Waals surface area contributed by atoms with Crippen molar-refractivity contribution in [2.45, 2.75) is 64.0 Å². The van der Waals surface area contributed by atoms with Crippen molar-refractivity contribution in [2.75, 3.05) is 18.5 Å². The number of anilines is 1. The Kier molecular flexibility index (Phi) is 6.01. The number of nitrogens with zero attached hydrogens (tertiary/aromatic N) is 5. The van der Waals surface area contributed by atoms with E-state index in [1.54, 1.807) is 6.20 Å². The summed E-state index contributed by atoms with van der Waals surface area (Å²) in [5.74, 6) is 2.11. The average molecular weight is 489 g/mol. The van der Waals surface area contributed by atoms with Crippen LogP contribution in [-0.4, -0.2) is 40.7 Å². The van der Waals surface area contributed by atoms with Crippen molar-refractivity contribution in [2.24, 2.45) is 5.41 Å². The van der Waals surface area contributed by atoms with Gasteiger partial charge in [-0.2, -0.15) is 5.26 Å². The van der Waals surface area contributed by atoms with Crippen LogP contribution in [0.4, 0.5) is 5.95 Å². The van der Waals surface area contributed by atoms with Gasteiger partial charge in [-0.25, -0.2) is 15.0 Å². The second-order valence-electron chi connectivity index (χ2n) is 9.67. The molecule has 160 valence electrons. The van der Waals surface area contributed by atoms with E-state index in [2.05, 4.69) is 56.5 Å². The molecule has 0 atom stereocenters. The SMILES string of the molecule is C[Si](C)(C)CCOCn1c(C2CC2)nc(Br)c1-c1ccnc(NCC2(C#N)CC2)n1. The van der Waals surface area contributed by atoms with E-state index in [1.807, 2.05) is 6.07 Å². The van der Waals surface area contributed by atoms with Gasteiger partial charge in [0.2, 0.25) is 5.95 Å². The number of halogens is 1. The minimum absolute atomic E-state index is 0.245. The number of aromatic nitrogens is 4. The van der Waals surface area contributed by atoms with E-state index in [-0.39, 0.29) is 5.41 Å². The first-order valence-electron chi connectivity index (χ1n) is 10.6. The van der Waals surface area contributed by atoms with Crippen molar-refractivity contribution in [3.8, 4) is 17.5 Å². The van der Waals surface area contributed by atoms with Gasteiger partial charge in [0, 0.05) is 33.3 Å². The van der Waals surface area contributed by atoms with E-state index in [0.29, 0.717) is 25.1 Å². The predicted molar refractivity (Wildman–Crippen MR) is 123 cm³/mol. The third-order valence-electron chi connectivity index (χ3n) is 5.69. The fourth-order valence-electron chi connectivity index (χ4n) is 3.30. The molecule has 0 spiro atoms. The highest BCUT2D eigenvalue weighted by molar-refractivity contribution is 9.10. The summed E-state index contributed by atoms with van der Waals surface area (Å²) >= 11 is 3.65. The number of rotatable bonds is 10. The largest absolute Gasteiger partial charge is 0.361 e. The summed E-state index contributed by atoms with van der Waals surface area (Å²) in [7, 11) is -1.13. The molecule has 0 amide bonds. The number of imidazole rings is 1. The number of nitrogens with one attached hydrogen (secondary N) is 1. The lowest BCUT2D eigenvalue weighted by Crippen LogP contribution is -2.22. The number of hydrogen-bond donors (Lipinski definition) is 1. The quantitative estimate of drug-likeness (QED) is 0.373. The lowest BCUT2D eigenvalue weighted by Gasteiger charge is -2.17. The van der Waals surface area contributed by atoms with Gasteiger partial charge in [-0.3, -0.25) is 0 Å². The zero-order valence-electron chi connectivity index (χ0n) is 17.9. The van der Waals surface area contributed by atoms with E-state index in [4.69, 9.17) is 14.7 Å². The molecule has 2 aliphatic carbocycles. The molecular formula is C21H29BrN6OSi. The third-order valence-corrected chi connectivity index (χ3v) is 7.94. The van der Waals surface area contributed by atoms with Crippen LogP contribution >= 0.6 is 15.9 Å². The maximum atomic E-state index is 9.29. The molecule has 2 aromatic rings. The Hall–Kier alpha value is -1.76. The molecule has 0 aromatic carbocycles. The van der Waals surface area contributed by atoms with Crippen LogP contribution < -0.4 is 5.32 Å². The number of nitriles is 1. The van der Waals surface area contributed by atoms with E-state index in [9.17, 15) is 5.26 Å². The second-order valence-corrected chi connectivity index (χ2v) is 16.0. The molecule has 2 fully saturated rings. The Morgan fingerprint density at radius 2 is 2.10 bits per heavy atom. The molecule has 30 heavy (non-hydrogen) atoms. The van der Waals surface area contributed by atoms with Crippen molar-refractivity contribution in [3.63, 3.8) is 0 Å². The molecule has 9 heteroatoms. The highest BCUT2D eigenvalue weighted by Crippen LogP contribution is 2.45. The molecule has 2 heterocycles. The molecule has 1 N–H and O–H groups in total. The first kappa shape index (κ1) is 21.5. The zero-order chi connectivity index (χ0) is 21.4. The van der Waals surface area contributed by atoms with E-state index >= 15 is 0 Å². The molecule has 0 unspecified atom stereocenters. The van der Waals surface area contributed by atoms with Gasteiger partial charge >= 0.3 is 0 Å². The smallest absolute Gasteiger partial charge is 0.223 e. The topological polar surface area (TPSA) is 88.6 Å². The normalized spacial score (nSPS) is 17.6. The number of hydrogen-bond acceptors (Lipinski definition) is 6. The second kappa shape index (κ2) is 8.40. The van der Waals surface area contributed by atoms with Gasteiger partial charge in [0.1, 0.15) is 22.9 Å². The van der Waals surface area contributed by atoms with Crippen LogP contribution in [0.1, 0.15) is 37.4 Å². The van der Waals surface area contributed by atoms with E-state index in [1.165, 1.54) is 12.8 Å². The summed E-state index contributed by atoms with van der Waals surface area (Å²) in [6.07, 6.45) is 5.97. The monoisotopic (exact) mass is 488 g/mol. The van der Waals surface area contributed by atoms with Gasteiger partial charge in [0.25, 0.3) is 0 Å². The summed E-state index contributed by atoms with van der Waals surface area (Å²) in [5.41, 5.74) is 1.48. The Bertz CT molecular complexity index is 955. The third kappa shape index (κ3) is 5.10. The van der Waals surface area contributed by atoms with Gasteiger partial charge in [-0.1, -0.05) is 19.6 Å². The highest BCUT2D eigenvalue weighted by Gasteiger charge is 2.43. The first-order chi connectivity index (χ1) is 14.3. The van der Waals surface area contributed by atoms with Crippen molar-refractivity contribution < 1.29 is 4.74 Å². The zero-order valence-corrected chi connectivity index (χ0v) is 20.5. The molecule has 4 rings (SSSR count). The molecule has 7 nitrogen and oxygen atoms in total. The standard InChI is InChI=1S/C21H29BrN6OSi/c1-30(2,3)11-10-29-14-28-17(18(22)27-19(28)15-4-5-15)16-6-9-24-20(26-16)25-13-21(12-23)7-8-21/h6,9,15H,4-5,7-8,10-11,13-14H2,1-3H3,(H,24,25,26). The fraction of sp³-hybridized carbons (Fsp3) is 0.619. The van der Waals surface area contributed by atoms with Crippen molar-refractivity contribution >= 4 is 30.0 Å². The van der Waals surface area contributed by atoms with E-state index < -0.39 is 8.07 Å². The molecule has 0 saturated heterocycles. The highest BCUT2D eigenvalue weighted by atomic mass is 79.9. The van der Waals surface area contributed by atoms with Crippen molar-refractivity contribution in [3.05, 3.63) is 22.7 Å². The van der Waals surface area contributed by atoms with Crippen LogP contribution in [-0.2, 0) is 11.5 Å². The fourth-order valence-corrected chi connectivity index (χ4v) is 4.66. The summed E-state index contributed by atoms with van der Waals surface area (Å²) in [4.78, 5) is 13.9. The molecule has 2 aromatic heterocycles. The Morgan fingerprint density at radius 1 is 1.33 bits per heavy atom. The number of ether oxygens (including phenoxy) is 1. The van der Waals surface area contributed by atoms with Crippen LogP contribution in [0.25, 0.3) is 11.4 Å². The van der Waals surface area contributed by atoms with Crippen LogP contribution in [0, 0.1) is 16.7 Å². The molecule has 2 aliphatic rings. The first-order valence-corrected chi connectivity index (χ1v) is 15.1. The molecular weight excluding hydrogens is 460 g/mol. The Morgan fingerprint density at radius 3 is 2.73 bits per heavy atom. The lowest BCUT2D eigenvalue weighted by atomic mass is 10.1. The minimum atomic E-state index is -1.13. The maximum absolute atomic E-state index is 9.29. The predicted octanol–water partition coefficient (Wildman–Crippen LogP) is 5.01. The Labute approximate surface area is 187 Å². The van der Waals surface area contributed by atoms with Crippen LogP contribution in [0.2, 0.25) is 25.7 Å². The summed E-state index contributed by atoms with van der Waals surface area (Å²) in [5, 5.41) is 12.5. The van der Waals surface area contributed by atoms with Crippen molar-refractivity contribution in [1.29, 1.82) is 5.26 Å². The molecule has 0 aliphatic heterocycles. The van der Waals surface area contributed by atoms with Crippen LogP contribution in [0.15, 0.2) is 16.9 Å². The van der Waals surface area contributed by atoms with Gasteiger partial charge < -0.3 is 14.6 Å². The Balaban J connectivity index is 1.54.